The smallest absolute Gasteiger partial charge is 0.261 e. The second kappa shape index (κ2) is 7.32. The predicted molar refractivity (Wildman–Crippen MR) is 94.1 cm³/mol. The Bertz CT molecular complexity index is 806. The second-order valence-corrected chi connectivity index (χ2v) is 9.50. The molecule has 3 rings (SSSR count). The van der Waals surface area contributed by atoms with Gasteiger partial charge in [-0.2, -0.15) is 4.31 Å². The summed E-state index contributed by atoms with van der Waals surface area (Å²) in [4.78, 5) is 14.6. The summed E-state index contributed by atoms with van der Waals surface area (Å²) in [5.41, 5.74) is 0. The van der Waals surface area contributed by atoms with E-state index >= 15 is 0 Å². The van der Waals surface area contributed by atoms with Gasteiger partial charge in [-0.15, -0.1) is 22.7 Å². The van der Waals surface area contributed by atoms with Gasteiger partial charge in [-0.3, -0.25) is 4.79 Å². The van der Waals surface area contributed by atoms with Gasteiger partial charge in [0.2, 0.25) is 10.0 Å². The van der Waals surface area contributed by atoms with Crippen molar-refractivity contribution in [1.82, 2.24) is 9.62 Å². The first kappa shape index (κ1) is 17.6. The van der Waals surface area contributed by atoms with E-state index in [1.807, 2.05) is 17.5 Å². The molecule has 0 unspecified atom stereocenters. The summed E-state index contributed by atoms with van der Waals surface area (Å²) in [6.07, 6.45) is 0. The molecule has 1 N–H and O–H groups in total. The number of nitrogens with one attached hydrogen (secondary N) is 1. The maximum Gasteiger partial charge on any atom is 0.261 e. The zero-order valence-corrected chi connectivity index (χ0v) is 15.6. The Morgan fingerprint density at radius 1 is 1.38 bits per heavy atom. The van der Waals surface area contributed by atoms with Gasteiger partial charge in [-0.05, 0) is 24.4 Å². The quantitative estimate of drug-likeness (QED) is 0.854. The molecule has 3 heterocycles. The van der Waals surface area contributed by atoms with Crippen molar-refractivity contribution < 1.29 is 17.9 Å². The van der Waals surface area contributed by atoms with Crippen LogP contribution in [0.15, 0.2) is 28.5 Å². The minimum Gasteiger partial charge on any atom is -0.379 e. The number of ether oxygens (including phenoxy) is 1. The molecule has 0 bridgehead atoms. The van der Waals surface area contributed by atoms with E-state index in [1.165, 1.54) is 21.7 Å². The van der Waals surface area contributed by atoms with Crippen molar-refractivity contribution in [3.63, 3.8) is 0 Å². The third kappa shape index (κ3) is 3.70. The Labute approximate surface area is 149 Å². The molecule has 1 saturated heterocycles. The Kier molecular flexibility index (Phi) is 5.36. The fourth-order valence-electron chi connectivity index (χ4n) is 2.43. The molecule has 24 heavy (non-hydrogen) atoms. The van der Waals surface area contributed by atoms with Crippen molar-refractivity contribution >= 4 is 38.6 Å². The van der Waals surface area contributed by atoms with Gasteiger partial charge in [0.05, 0.1) is 29.5 Å². The summed E-state index contributed by atoms with van der Waals surface area (Å²) >= 11 is 2.77. The number of hydrogen-bond acceptors (Lipinski definition) is 6. The zero-order chi connectivity index (χ0) is 17.2. The average molecular weight is 387 g/mol. The molecule has 9 heteroatoms. The molecule has 0 radical (unpaired) electrons. The van der Waals surface area contributed by atoms with Gasteiger partial charge in [0.1, 0.15) is 0 Å². The van der Waals surface area contributed by atoms with E-state index in [2.05, 4.69) is 5.32 Å². The number of hydrogen-bond donors (Lipinski definition) is 1. The first-order valence-electron chi connectivity index (χ1n) is 7.47. The van der Waals surface area contributed by atoms with Gasteiger partial charge in [-0.1, -0.05) is 6.07 Å². The van der Waals surface area contributed by atoms with Gasteiger partial charge >= 0.3 is 0 Å². The lowest BCUT2D eigenvalue weighted by atomic mass is 10.4. The number of rotatable bonds is 5. The lowest BCUT2D eigenvalue weighted by Gasteiger charge is -2.25. The summed E-state index contributed by atoms with van der Waals surface area (Å²) in [6, 6.07) is 5.35. The summed E-state index contributed by atoms with van der Waals surface area (Å²) in [6.45, 7) is 3.66. The molecule has 1 amide bonds. The topological polar surface area (TPSA) is 75.7 Å². The highest BCUT2D eigenvalue weighted by molar-refractivity contribution is 7.89. The standard InChI is InChI=1S/C15H18N2O4S3/c1-11-14(24(19,20)17-4-6-21-7-5-17)9-13(23-11)15(18)16-10-12-3-2-8-22-12/h2-3,8-9H,4-7,10H2,1H3,(H,16,18). The highest BCUT2D eigenvalue weighted by atomic mass is 32.2. The predicted octanol–water partition coefficient (Wildman–Crippen LogP) is 2.07. The van der Waals surface area contributed by atoms with Crippen LogP contribution in [0, 0.1) is 6.92 Å². The highest BCUT2D eigenvalue weighted by Crippen LogP contribution is 2.28. The molecule has 0 saturated carbocycles. The van der Waals surface area contributed by atoms with Gasteiger partial charge in [-0.25, -0.2) is 8.42 Å². The second-order valence-electron chi connectivity index (χ2n) is 5.31. The molecule has 6 nitrogen and oxygen atoms in total. The van der Waals surface area contributed by atoms with E-state index in [0.29, 0.717) is 42.6 Å². The molecule has 1 aliphatic heterocycles. The van der Waals surface area contributed by atoms with Crippen molar-refractivity contribution in [3.8, 4) is 0 Å². The Hall–Kier alpha value is -1.26. The molecule has 1 aliphatic rings. The first-order chi connectivity index (χ1) is 11.5. The van der Waals surface area contributed by atoms with Crippen LogP contribution >= 0.6 is 22.7 Å². The van der Waals surface area contributed by atoms with E-state index in [9.17, 15) is 13.2 Å². The van der Waals surface area contributed by atoms with Crippen LogP contribution in [0.3, 0.4) is 0 Å². The number of thiophene rings is 2. The largest absolute Gasteiger partial charge is 0.379 e. The minimum absolute atomic E-state index is 0.218. The van der Waals surface area contributed by atoms with Gasteiger partial charge in [0.25, 0.3) is 5.91 Å². The number of carbonyl (C=O) groups excluding carboxylic acids is 1. The molecule has 0 aromatic carbocycles. The third-order valence-corrected chi connectivity index (χ3v) is 7.77. The molecular weight excluding hydrogens is 368 g/mol. The summed E-state index contributed by atoms with van der Waals surface area (Å²) in [5.74, 6) is -0.250. The van der Waals surface area contributed by atoms with Gasteiger partial charge in [0.15, 0.2) is 0 Å². The van der Waals surface area contributed by atoms with Crippen molar-refractivity contribution in [2.45, 2.75) is 18.4 Å². The molecule has 0 spiro atoms. The SMILES string of the molecule is Cc1sc(C(=O)NCc2cccs2)cc1S(=O)(=O)N1CCOCC1. The van der Waals surface area contributed by atoms with Crippen LogP contribution in [0.25, 0.3) is 0 Å². The van der Waals surface area contributed by atoms with E-state index in [0.717, 1.165) is 4.88 Å². The third-order valence-electron chi connectivity index (χ3n) is 3.69. The number of aryl methyl sites for hydroxylation is 1. The fourth-order valence-corrected chi connectivity index (χ4v) is 5.96. The van der Waals surface area contributed by atoms with E-state index in [4.69, 9.17) is 4.74 Å². The Morgan fingerprint density at radius 2 is 2.12 bits per heavy atom. The molecular formula is C15H18N2O4S3. The van der Waals surface area contributed by atoms with Crippen LogP contribution in [0.2, 0.25) is 0 Å². The van der Waals surface area contributed by atoms with Crippen molar-refractivity contribution in [2.24, 2.45) is 0 Å². The van der Waals surface area contributed by atoms with Crippen LogP contribution in [-0.4, -0.2) is 44.9 Å². The fraction of sp³-hybridized carbons (Fsp3) is 0.400. The summed E-state index contributed by atoms with van der Waals surface area (Å²) in [5, 5.41) is 4.77. The Morgan fingerprint density at radius 3 is 2.79 bits per heavy atom. The number of amides is 1. The summed E-state index contributed by atoms with van der Waals surface area (Å²) in [7, 11) is -3.58. The molecule has 0 aliphatic carbocycles. The van der Waals surface area contributed by atoms with E-state index < -0.39 is 10.0 Å². The van der Waals surface area contributed by atoms with E-state index in [-0.39, 0.29) is 10.8 Å². The maximum atomic E-state index is 12.7. The number of carbonyl (C=O) groups is 1. The monoisotopic (exact) mass is 386 g/mol. The van der Waals surface area contributed by atoms with Crippen LogP contribution in [0.4, 0.5) is 0 Å². The molecule has 2 aromatic heterocycles. The maximum absolute atomic E-state index is 12.7. The molecule has 0 atom stereocenters. The van der Waals surface area contributed by atoms with Gasteiger partial charge in [0, 0.05) is 22.8 Å². The van der Waals surface area contributed by atoms with Crippen LogP contribution in [0.5, 0.6) is 0 Å². The lowest BCUT2D eigenvalue weighted by Crippen LogP contribution is -2.40. The number of morpholine rings is 1. The van der Waals surface area contributed by atoms with Crippen molar-refractivity contribution in [2.75, 3.05) is 26.3 Å². The minimum atomic E-state index is -3.58. The number of sulfonamides is 1. The van der Waals surface area contributed by atoms with Crippen molar-refractivity contribution in [3.05, 3.63) is 38.2 Å². The highest BCUT2D eigenvalue weighted by Gasteiger charge is 2.30. The molecule has 130 valence electrons. The zero-order valence-electron chi connectivity index (χ0n) is 13.1. The first-order valence-corrected chi connectivity index (χ1v) is 10.6. The van der Waals surface area contributed by atoms with E-state index in [1.54, 1.807) is 18.3 Å². The van der Waals surface area contributed by atoms with Gasteiger partial charge < -0.3 is 10.1 Å². The molecule has 1 fully saturated rings. The average Bonchev–Trinajstić information content (AvgIpc) is 3.23. The van der Waals surface area contributed by atoms with Crippen molar-refractivity contribution in [1.29, 1.82) is 0 Å². The molecule has 2 aromatic rings. The van der Waals surface area contributed by atoms with Crippen LogP contribution in [0.1, 0.15) is 19.4 Å². The lowest BCUT2D eigenvalue weighted by molar-refractivity contribution is 0.0730. The Balaban J connectivity index is 1.75. The summed E-state index contributed by atoms with van der Waals surface area (Å²) < 4.78 is 32.1. The van der Waals surface area contributed by atoms with Crippen LogP contribution < -0.4 is 5.32 Å². The normalized spacial score (nSPS) is 16.2. The number of nitrogens with zero attached hydrogens (tertiary/aromatic N) is 1. The van der Waals surface area contributed by atoms with Crippen LogP contribution in [-0.2, 0) is 21.3 Å².